The molecular formula is C10H16N2. The first-order valence-electron chi connectivity index (χ1n) is 4.34. The summed E-state index contributed by atoms with van der Waals surface area (Å²) >= 11 is 0. The van der Waals surface area contributed by atoms with E-state index >= 15 is 0 Å². The van der Waals surface area contributed by atoms with Crippen LogP contribution in [-0.4, -0.2) is 10.2 Å². The normalized spacial score (nSPS) is 11.6. The molecule has 66 valence electrons. The Bertz CT molecular complexity index is 223. The minimum absolute atomic E-state index is 0.386. The molecule has 2 heteroatoms. The third kappa shape index (κ3) is 3.46. The first-order chi connectivity index (χ1) is 5.58. The minimum Gasteiger partial charge on any atom is -0.159 e. The van der Waals surface area contributed by atoms with Gasteiger partial charge in [-0.2, -0.15) is 10.2 Å². The van der Waals surface area contributed by atoms with Crippen LogP contribution in [0.25, 0.3) is 0 Å². The fourth-order valence-electron chi connectivity index (χ4n) is 0.970. The van der Waals surface area contributed by atoms with Crippen molar-refractivity contribution < 1.29 is 0 Å². The first kappa shape index (κ1) is 9.17. The molecule has 0 saturated carbocycles. The van der Waals surface area contributed by atoms with Crippen molar-refractivity contribution in [1.82, 2.24) is 10.2 Å². The molecule has 0 aliphatic rings. The number of hydrogen-bond donors (Lipinski definition) is 0. The van der Waals surface area contributed by atoms with Crippen LogP contribution in [0.4, 0.5) is 0 Å². The van der Waals surface area contributed by atoms with Crippen LogP contribution in [0.15, 0.2) is 18.3 Å². The van der Waals surface area contributed by atoms with Gasteiger partial charge in [0.25, 0.3) is 0 Å². The van der Waals surface area contributed by atoms with Crippen LogP contribution < -0.4 is 0 Å². The third-order valence-corrected chi connectivity index (χ3v) is 1.76. The van der Waals surface area contributed by atoms with E-state index in [0.29, 0.717) is 5.41 Å². The van der Waals surface area contributed by atoms with E-state index in [4.69, 9.17) is 0 Å². The molecule has 0 amide bonds. The van der Waals surface area contributed by atoms with E-state index in [1.54, 1.807) is 6.20 Å². The number of aromatic nitrogens is 2. The van der Waals surface area contributed by atoms with Gasteiger partial charge in [-0.3, -0.25) is 0 Å². The van der Waals surface area contributed by atoms with Crippen molar-refractivity contribution in [2.75, 3.05) is 0 Å². The Morgan fingerprint density at radius 1 is 1.33 bits per heavy atom. The maximum atomic E-state index is 4.03. The van der Waals surface area contributed by atoms with Gasteiger partial charge in [-0.1, -0.05) is 20.8 Å². The number of nitrogens with zero attached hydrogens (tertiary/aromatic N) is 2. The summed E-state index contributed by atoms with van der Waals surface area (Å²) in [6, 6.07) is 3.96. The van der Waals surface area contributed by atoms with E-state index in [1.165, 1.54) is 0 Å². The van der Waals surface area contributed by atoms with Crippen molar-refractivity contribution in [3.63, 3.8) is 0 Å². The topological polar surface area (TPSA) is 25.8 Å². The molecule has 1 aromatic heterocycles. The van der Waals surface area contributed by atoms with Crippen LogP contribution in [-0.2, 0) is 6.42 Å². The molecule has 0 N–H and O–H groups in total. The number of aryl methyl sites for hydroxylation is 1. The van der Waals surface area contributed by atoms with E-state index in [0.717, 1.165) is 18.5 Å². The van der Waals surface area contributed by atoms with Crippen molar-refractivity contribution in [1.29, 1.82) is 0 Å². The largest absolute Gasteiger partial charge is 0.159 e. The van der Waals surface area contributed by atoms with Crippen LogP contribution in [0.2, 0.25) is 0 Å². The van der Waals surface area contributed by atoms with E-state index in [2.05, 4.69) is 31.0 Å². The van der Waals surface area contributed by atoms with Gasteiger partial charge in [-0.05, 0) is 30.4 Å². The molecule has 1 aromatic rings. The van der Waals surface area contributed by atoms with Crippen molar-refractivity contribution >= 4 is 0 Å². The van der Waals surface area contributed by atoms with Crippen LogP contribution in [0.1, 0.15) is 32.9 Å². The lowest BCUT2D eigenvalue weighted by molar-refractivity contribution is 0.376. The van der Waals surface area contributed by atoms with Crippen LogP contribution >= 0.6 is 0 Å². The standard InChI is InChI=1S/C10H16N2/c1-10(2,3)7-6-9-5-4-8-11-12-9/h4-5,8H,6-7H2,1-3H3. The average Bonchev–Trinajstić information content (AvgIpc) is 2.02. The summed E-state index contributed by atoms with van der Waals surface area (Å²) in [5.41, 5.74) is 1.48. The maximum Gasteiger partial charge on any atom is 0.0631 e. The quantitative estimate of drug-likeness (QED) is 0.671. The second-order valence-corrected chi connectivity index (χ2v) is 4.28. The molecule has 0 atom stereocenters. The Hall–Kier alpha value is -0.920. The van der Waals surface area contributed by atoms with Gasteiger partial charge in [0.05, 0.1) is 5.69 Å². The minimum atomic E-state index is 0.386. The fraction of sp³-hybridized carbons (Fsp3) is 0.600. The highest BCUT2D eigenvalue weighted by molar-refractivity contribution is 4.99. The average molecular weight is 164 g/mol. The number of hydrogen-bond acceptors (Lipinski definition) is 2. The van der Waals surface area contributed by atoms with Gasteiger partial charge in [0.15, 0.2) is 0 Å². The molecule has 0 saturated heterocycles. The lowest BCUT2D eigenvalue weighted by Gasteiger charge is -2.16. The molecule has 0 aromatic carbocycles. The van der Waals surface area contributed by atoms with Gasteiger partial charge >= 0.3 is 0 Å². The zero-order valence-corrected chi connectivity index (χ0v) is 8.04. The number of rotatable bonds is 2. The first-order valence-corrected chi connectivity index (χ1v) is 4.34. The van der Waals surface area contributed by atoms with Gasteiger partial charge in [0, 0.05) is 6.20 Å². The zero-order chi connectivity index (χ0) is 9.03. The van der Waals surface area contributed by atoms with Crippen molar-refractivity contribution in [3.05, 3.63) is 24.0 Å². The van der Waals surface area contributed by atoms with E-state index in [9.17, 15) is 0 Å². The molecular weight excluding hydrogens is 148 g/mol. The molecule has 2 nitrogen and oxygen atoms in total. The Morgan fingerprint density at radius 3 is 2.58 bits per heavy atom. The Balaban J connectivity index is 2.44. The highest BCUT2D eigenvalue weighted by Gasteiger charge is 2.09. The third-order valence-electron chi connectivity index (χ3n) is 1.76. The molecule has 0 fully saturated rings. The molecule has 0 aliphatic heterocycles. The van der Waals surface area contributed by atoms with Gasteiger partial charge in [0.1, 0.15) is 0 Å². The summed E-state index contributed by atoms with van der Waals surface area (Å²) in [6.45, 7) is 6.72. The molecule has 0 bridgehead atoms. The fourth-order valence-corrected chi connectivity index (χ4v) is 0.970. The second kappa shape index (κ2) is 3.65. The second-order valence-electron chi connectivity index (χ2n) is 4.28. The molecule has 0 unspecified atom stereocenters. The lowest BCUT2D eigenvalue weighted by atomic mass is 9.90. The van der Waals surface area contributed by atoms with E-state index in [1.807, 2.05) is 12.1 Å². The van der Waals surface area contributed by atoms with Crippen LogP contribution in [0.3, 0.4) is 0 Å². The molecule has 0 radical (unpaired) electrons. The Morgan fingerprint density at radius 2 is 2.08 bits per heavy atom. The van der Waals surface area contributed by atoms with Gasteiger partial charge in [0.2, 0.25) is 0 Å². The Labute approximate surface area is 74.0 Å². The Kier molecular flexibility index (Phi) is 2.79. The predicted molar refractivity (Wildman–Crippen MR) is 49.8 cm³/mol. The lowest BCUT2D eigenvalue weighted by Crippen LogP contribution is -2.07. The summed E-state index contributed by atoms with van der Waals surface area (Å²) in [5, 5.41) is 7.87. The highest BCUT2D eigenvalue weighted by Crippen LogP contribution is 2.20. The molecule has 0 aliphatic carbocycles. The van der Waals surface area contributed by atoms with Crippen LogP contribution in [0, 0.1) is 5.41 Å². The van der Waals surface area contributed by atoms with Gasteiger partial charge in [-0.25, -0.2) is 0 Å². The summed E-state index contributed by atoms with van der Waals surface area (Å²) in [4.78, 5) is 0. The van der Waals surface area contributed by atoms with Crippen molar-refractivity contribution in [3.8, 4) is 0 Å². The predicted octanol–water partition coefficient (Wildman–Crippen LogP) is 2.46. The molecule has 1 heterocycles. The van der Waals surface area contributed by atoms with E-state index < -0.39 is 0 Å². The maximum absolute atomic E-state index is 4.03. The van der Waals surface area contributed by atoms with Crippen molar-refractivity contribution in [2.24, 2.45) is 5.41 Å². The summed E-state index contributed by atoms with van der Waals surface area (Å²) in [6.07, 6.45) is 3.89. The summed E-state index contributed by atoms with van der Waals surface area (Å²) in [5.74, 6) is 0. The summed E-state index contributed by atoms with van der Waals surface area (Å²) < 4.78 is 0. The SMILES string of the molecule is CC(C)(C)CCc1cccnn1. The molecule has 1 rings (SSSR count). The van der Waals surface area contributed by atoms with Gasteiger partial charge < -0.3 is 0 Å². The molecule has 0 spiro atoms. The van der Waals surface area contributed by atoms with Gasteiger partial charge in [-0.15, -0.1) is 0 Å². The zero-order valence-electron chi connectivity index (χ0n) is 8.04. The smallest absolute Gasteiger partial charge is 0.0631 e. The van der Waals surface area contributed by atoms with Crippen LogP contribution in [0.5, 0.6) is 0 Å². The monoisotopic (exact) mass is 164 g/mol. The summed E-state index contributed by atoms with van der Waals surface area (Å²) in [7, 11) is 0. The highest BCUT2D eigenvalue weighted by atomic mass is 15.1. The van der Waals surface area contributed by atoms with E-state index in [-0.39, 0.29) is 0 Å². The van der Waals surface area contributed by atoms with Crippen molar-refractivity contribution in [2.45, 2.75) is 33.6 Å². The molecule has 12 heavy (non-hydrogen) atoms.